The van der Waals surface area contributed by atoms with Crippen LogP contribution in [-0.4, -0.2) is 10.9 Å². The van der Waals surface area contributed by atoms with Crippen molar-refractivity contribution in [3.05, 3.63) is 113 Å². The van der Waals surface area contributed by atoms with E-state index in [0.717, 1.165) is 39.8 Å². The molecule has 0 bridgehead atoms. The van der Waals surface area contributed by atoms with Crippen LogP contribution in [0.25, 0.3) is 22.3 Å². The van der Waals surface area contributed by atoms with Crippen LogP contribution in [0.4, 0.5) is 0 Å². The standard InChI is InChI=1S/C30H28O2/c1-20(2)19-24-11-7-13-26(30(24)32)25-12-8-14-27(29(31)23-9-5-4-6-10-23)28(25)22-17-15-21(3)16-18-22/h4-18,20,32H,19H2,1-3H3. The second-order valence-electron chi connectivity index (χ2n) is 8.70. The van der Waals surface area contributed by atoms with Gasteiger partial charge >= 0.3 is 0 Å². The number of carbonyl (C=O) groups is 1. The zero-order chi connectivity index (χ0) is 22.7. The van der Waals surface area contributed by atoms with Crippen LogP contribution in [-0.2, 0) is 6.42 Å². The molecule has 0 aliphatic heterocycles. The Morgan fingerprint density at radius 1 is 0.781 bits per heavy atom. The molecule has 0 heterocycles. The Morgan fingerprint density at radius 2 is 1.44 bits per heavy atom. The Kier molecular flexibility index (Phi) is 6.23. The molecule has 2 heteroatoms. The van der Waals surface area contributed by atoms with Crippen LogP contribution >= 0.6 is 0 Å². The zero-order valence-corrected chi connectivity index (χ0v) is 18.8. The Hall–Kier alpha value is -3.65. The summed E-state index contributed by atoms with van der Waals surface area (Å²) in [5.74, 6) is 0.693. The number of ketones is 1. The number of para-hydroxylation sites is 1. The number of benzene rings is 4. The molecule has 0 spiro atoms. The first-order chi connectivity index (χ1) is 15.5. The molecule has 0 radical (unpaired) electrons. The van der Waals surface area contributed by atoms with Crippen molar-refractivity contribution >= 4 is 5.78 Å². The Balaban J connectivity index is 1.96. The molecule has 0 atom stereocenters. The van der Waals surface area contributed by atoms with E-state index in [0.29, 0.717) is 22.8 Å². The van der Waals surface area contributed by atoms with Crippen molar-refractivity contribution in [3.8, 4) is 28.0 Å². The van der Waals surface area contributed by atoms with Gasteiger partial charge in [-0.2, -0.15) is 0 Å². The first kappa shape index (κ1) is 21.6. The molecule has 0 amide bonds. The van der Waals surface area contributed by atoms with Crippen molar-refractivity contribution in [2.75, 3.05) is 0 Å². The second kappa shape index (κ2) is 9.23. The number of hydrogen-bond acceptors (Lipinski definition) is 2. The SMILES string of the molecule is Cc1ccc(-c2c(C(=O)c3ccccc3)cccc2-c2cccc(CC(C)C)c2O)cc1. The minimum absolute atomic E-state index is 0.0270. The maximum atomic E-state index is 13.5. The molecule has 1 N–H and O–H groups in total. The molecule has 0 aromatic heterocycles. The van der Waals surface area contributed by atoms with Crippen molar-refractivity contribution in [2.45, 2.75) is 27.2 Å². The van der Waals surface area contributed by atoms with Crippen molar-refractivity contribution in [1.82, 2.24) is 0 Å². The van der Waals surface area contributed by atoms with E-state index in [-0.39, 0.29) is 5.78 Å². The predicted octanol–water partition coefficient (Wildman–Crippen LogP) is 7.46. The van der Waals surface area contributed by atoms with Crippen LogP contribution in [0.1, 0.15) is 40.9 Å². The molecule has 32 heavy (non-hydrogen) atoms. The van der Waals surface area contributed by atoms with E-state index in [4.69, 9.17) is 0 Å². The summed E-state index contributed by atoms with van der Waals surface area (Å²) >= 11 is 0. The van der Waals surface area contributed by atoms with Crippen molar-refractivity contribution in [3.63, 3.8) is 0 Å². The van der Waals surface area contributed by atoms with Crippen LogP contribution in [0.3, 0.4) is 0 Å². The van der Waals surface area contributed by atoms with E-state index in [1.165, 1.54) is 0 Å². The Morgan fingerprint density at radius 3 is 2.12 bits per heavy atom. The van der Waals surface area contributed by atoms with E-state index in [9.17, 15) is 9.90 Å². The highest BCUT2D eigenvalue weighted by Gasteiger charge is 2.21. The van der Waals surface area contributed by atoms with Gasteiger partial charge in [0.25, 0.3) is 0 Å². The summed E-state index contributed by atoms with van der Waals surface area (Å²) in [7, 11) is 0. The summed E-state index contributed by atoms with van der Waals surface area (Å²) < 4.78 is 0. The fourth-order valence-electron chi connectivity index (χ4n) is 4.16. The van der Waals surface area contributed by atoms with Gasteiger partial charge in [0.15, 0.2) is 5.78 Å². The third kappa shape index (κ3) is 4.36. The normalized spacial score (nSPS) is 11.0. The average Bonchev–Trinajstić information content (AvgIpc) is 2.80. The van der Waals surface area contributed by atoms with E-state index in [1.807, 2.05) is 85.8 Å². The molecule has 0 unspecified atom stereocenters. The lowest BCUT2D eigenvalue weighted by Gasteiger charge is -2.18. The monoisotopic (exact) mass is 420 g/mol. The van der Waals surface area contributed by atoms with Gasteiger partial charge in [0.2, 0.25) is 0 Å². The molecule has 0 aliphatic carbocycles. The summed E-state index contributed by atoms with van der Waals surface area (Å²) in [4.78, 5) is 13.5. The van der Waals surface area contributed by atoms with E-state index in [1.54, 1.807) is 0 Å². The molecule has 0 saturated heterocycles. The molecule has 160 valence electrons. The highest BCUT2D eigenvalue weighted by Crippen LogP contribution is 2.41. The lowest BCUT2D eigenvalue weighted by atomic mass is 9.86. The van der Waals surface area contributed by atoms with Gasteiger partial charge < -0.3 is 5.11 Å². The lowest BCUT2D eigenvalue weighted by Crippen LogP contribution is -2.05. The summed E-state index contributed by atoms with van der Waals surface area (Å²) in [6, 6.07) is 29.2. The fourth-order valence-corrected chi connectivity index (χ4v) is 4.16. The van der Waals surface area contributed by atoms with Gasteiger partial charge in [0, 0.05) is 22.3 Å². The minimum atomic E-state index is -0.0270. The van der Waals surface area contributed by atoms with Crippen molar-refractivity contribution in [2.24, 2.45) is 5.92 Å². The van der Waals surface area contributed by atoms with Crippen LogP contribution < -0.4 is 0 Å². The van der Waals surface area contributed by atoms with Crippen LogP contribution in [0.5, 0.6) is 5.75 Å². The lowest BCUT2D eigenvalue weighted by molar-refractivity contribution is 0.103. The summed E-state index contributed by atoms with van der Waals surface area (Å²) in [5, 5.41) is 11.2. The number of rotatable bonds is 6. The molecule has 2 nitrogen and oxygen atoms in total. The summed E-state index contributed by atoms with van der Waals surface area (Å²) in [6.07, 6.45) is 0.794. The van der Waals surface area contributed by atoms with Crippen LogP contribution in [0.15, 0.2) is 91.0 Å². The number of hydrogen-bond donors (Lipinski definition) is 1. The maximum absolute atomic E-state index is 13.5. The highest BCUT2D eigenvalue weighted by molar-refractivity contribution is 6.14. The number of carbonyl (C=O) groups excluding carboxylic acids is 1. The van der Waals surface area contributed by atoms with Crippen molar-refractivity contribution < 1.29 is 9.90 Å². The number of phenolic OH excluding ortho intramolecular Hbond substituents is 1. The smallest absolute Gasteiger partial charge is 0.193 e. The molecule has 0 fully saturated rings. The highest BCUT2D eigenvalue weighted by atomic mass is 16.3. The van der Waals surface area contributed by atoms with Gasteiger partial charge in [-0.05, 0) is 36.0 Å². The quantitative estimate of drug-likeness (QED) is 0.329. The summed E-state index contributed by atoms with van der Waals surface area (Å²) in [5.41, 5.74) is 6.77. The minimum Gasteiger partial charge on any atom is -0.507 e. The van der Waals surface area contributed by atoms with E-state index >= 15 is 0 Å². The van der Waals surface area contributed by atoms with Gasteiger partial charge in [-0.3, -0.25) is 4.79 Å². The van der Waals surface area contributed by atoms with E-state index < -0.39 is 0 Å². The molecule has 0 aliphatic rings. The number of aromatic hydroxyl groups is 1. The number of phenols is 1. The van der Waals surface area contributed by atoms with Gasteiger partial charge in [0.05, 0.1) is 0 Å². The third-order valence-electron chi connectivity index (χ3n) is 5.72. The van der Waals surface area contributed by atoms with Gasteiger partial charge in [0.1, 0.15) is 5.75 Å². The maximum Gasteiger partial charge on any atom is 0.193 e. The van der Waals surface area contributed by atoms with Gasteiger partial charge in [-0.15, -0.1) is 0 Å². The van der Waals surface area contributed by atoms with Crippen LogP contribution in [0, 0.1) is 12.8 Å². The fraction of sp³-hybridized carbons (Fsp3) is 0.167. The van der Waals surface area contributed by atoms with Crippen LogP contribution in [0.2, 0.25) is 0 Å². The zero-order valence-electron chi connectivity index (χ0n) is 18.8. The molecule has 0 saturated carbocycles. The van der Waals surface area contributed by atoms with Gasteiger partial charge in [-0.25, -0.2) is 0 Å². The first-order valence-corrected chi connectivity index (χ1v) is 11.1. The van der Waals surface area contributed by atoms with Gasteiger partial charge in [-0.1, -0.05) is 110 Å². The third-order valence-corrected chi connectivity index (χ3v) is 5.72. The average molecular weight is 421 g/mol. The Bertz CT molecular complexity index is 1240. The topological polar surface area (TPSA) is 37.3 Å². The first-order valence-electron chi connectivity index (χ1n) is 11.1. The molecular formula is C30H28O2. The predicted molar refractivity (Wildman–Crippen MR) is 132 cm³/mol. The molecule has 4 aromatic carbocycles. The largest absolute Gasteiger partial charge is 0.507 e. The van der Waals surface area contributed by atoms with Crippen molar-refractivity contribution in [1.29, 1.82) is 0 Å². The molecule has 4 rings (SSSR count). The second-order valence-corrected chi connectivity index (χ2v) is 8.70. The Labute approximate surface area is 190 Å². The summed E-state index contributed by atoms with van der Waals surface area (Å²) in [6.45, 7) is 6.33. The number of aryl methyl sites for hydroxylation is 1. The molecule has 4 aromatic rings. The molecular weight excluding hydrogens is 392 g/mol. The van der Waals surface area contributed by atoms with E-state index in [2.05, 4.69) is 26.0 Å².